The molecule has 27 heavy (non-hydrogen) atoms. The van der Waals surface area contributed by atoms with E-state index in [1.807, 2.05) is 67.6 Å². The summed E-state index contributed by atoms with van der Waals surface area (Å²) in [7, 11) is 0. The zero-order valence-corrected chi connectivity index (χ0v) is 15.7. The van der Waals surface area contributed by atoms with Gasteiger partial charge in [-0.2, -0.15) is 0 Å². The van der Waals surface area contributed by atoms with Gasteiger partial charge in [0.25, 0.3) is 5.91 Å². The topological polar surface area (TPSA) is 44.7 Å². The maximum absolute atomic E-state index is 13.2. The lowest BCUT2D eigenvalue weighted by Crippen LogP contribution is -2.34. The van der Waals surface area contributed by atoms with Crippen LogP contribution in [0.5, 0.6) is 0 Å². The Labute approximate surface area is 160 Å². The van der Waals surface area contributed by atoms with Crippen LogP contribution in [0.3, 0.4) is 0 Å². The van der Waals surface area contributed by atoms with E-state index in [9.17, 15) is 4.79 Å². The summed E-state index contributed by atoms with van der Waals surface area (Å²) in [6.45, 7) is 2.05. The molecule has 1 aliphatic carbocycles. The number of hydrogen-bond acceptors (Lipinski definition) is 2. The molecule has 1 N–H and O–H groups in total. The number of nitrogens with one attached hydrogen (secondary N) is 1. The second-order valence-corrected chi connectivity index (χ2v) is 7.31. The van der Waals surface area contributed by atoms with Gasteiger partial charge in [-0.05, 0) is 43.5 Å². The quantitative estimate of drug-likeness (QED) is 0.810. The summed E-state index contributed by atoms with van der Waals surface area (Å²) in [5.41, 5.74) is 3.58. The van der Waals surface area contributed by atoms with Crippen molar-refractivity contribution in [2.45, 2.75) is 45.1 Å². The normalized spacial score (nSPS) is 21.1. The van der Waals surface area contributed by atoms with Crippen molar-refractivity contribution in [3.63, 3.8) is 0 Å². The summed E-state index contributed by atoms with van der Waals surface area (Å²) in [5, 5.41) is 3.29. The number of carbonyl (C=O) groups excluding carboxylic acids is 1. The van der Waals surface area contributed by atoms with Gasteiger partial charge in [-0.3, -0.25) is 4.79 Å². The van der Waals surface area contributed by atoms with Crippen molar-refractivity contribution in [3.8, 4) is 0 Å². The molecule has 2 aromatic rings. The van der Waals surface area contributed by atoms with Crippen molar-refractivity contribution in [2.24, 2.45) is 4.99 Å². The molecule has 1 aliphatic heterocycles. The highest BCUT2D eigenvalue weighted by atomic mass is 16.2. The van der Waals surface area contributed by atoms with Gasteiger partial charge in [-0.1, -0.05) is 67.3 Å². The van der Waals surface area contributed by atoms with Gasteiger partial charge in [-0.15, -0.1) is 0 Å². The molecular weight excluding hydrogens is 334 g/mol. The van der Waals surface area contributed by atoms with Crippen LogP contribution in [0.15, 0.2) is 65.3 Å². The van der Waals surface area contributed by atoms with Crippen LogP contribution in [-0.4, -0.2) is 17.9 Å². The highest BCUT2D eigenvalue weighted by Crippen LogP contribution is 2.26. The fourth-order valence-electron chi connectivity index (χ4n) is 3.67. The number of amides is 1. The fraction of sp³-hybridized carbons (Fsp3) is 0.304. The molecule has 2 aliphatic rings. The molecule has 0 aromatic heterocycles. The number of aryl methyl sites for hydroxylation is 1. The first-order valence-electron chi connectivity index (χ1n) is 9.73. The molecule has 0 bridgehead atoms. The second-order valence-electron chi connectivity index (χ2n) is 7.31. The lowest BCUT2D eigenvalue weighted by Gasteiger charge is -2.21. The van der Waals surface area contributed by atoms with Crippen LogP contribution in [0, 0.1) is 6.92 Å². The van der Waals surface area contributed by atoms with Crippen molar-refractivity contribution in [2.75, 3.05) is 4.90 Å². The van der Waals surface area contributed by atoms with Crippen LogP contribution in [0.2, 0.25) is 0 Å². The van der Waals surface area contributed by atoms with E-state index in [0.29, 0.717) is 11.7 Å². The Hall–Kier alpha value is -2.88. The van der Waals surface area contributed by atoms with Gasteiger partial charge in [0.2, 0.25) is 5.96 Å². The summed E-state index contributed by atoms with van der Waals surface area (Å²) in [6, 6.07) is 18.2. The predicted molar refractivity (Wildman–Crippen MR) is 111 cm³/mol. The van der Waals surface area contributed by atoms with Crippen molar-refractivity contribution < 1.29 is 4.79 Å². The van der Waals surface area contributed by atoms with Crippen LogP contribution >= 0.6 is 0 Å². The number of aliphatic imine (C=N–C) groups is 1. The van der Waals surface area contributed by atoms with E-state index in [-0.39, 0.29) is 11.9 Å². The minimum Gasteiger partial charge on any atom is -0.321 e. The van der Waals surface area contributed by atoms with E-state index >= 15 is 0 Å². The van der Waals surface area contributed by atoms with Gasteiger partial charge in [0.05, 0.1) is 11.7 Å². The van der Waals surface area contributed by atoms with Crippen molar-refractivity contribution in [1.82, 2.24) is 5.32 Å². The molecule has 138 valence electrons. The zero-order valence-electron chi connectivity index (χ0n) is 15.7. The average Bonchev–Trinajstić information content (AvgIpc) is 2.99. The average molecular weight is 359 g/mol. The van der Waals surface area contributed by atoms with Crippen LogP contribution in [0.1, 0.15) is 43.2 Å². The molecule has 0 radical (unpaired) electrons. The Bertz CT molecular complexity index is 862. The number of anilines is 1. The molecule has 2 aromatic carbocycles. The number of hydrogen-bond donors (Lipinski definition) is 1. The van der Waals surface area contributed by atoms with Crippen LogP contribution < -0.4 is 10.2 Å². The van der Waals surface area contributed by atoms with Crippen LogP contribution in [-0.2, 0) is 4.79 Å². The summed E-state index contributed by atoms with van der Waals surface area (Å²) in [5.74, 6) is 0.593. The van der Waals surface area contributed by atoms with Gasteiger partial charge < -0.3 is 5.32 Å². The number of guanidine groups is 1. The lowest BCUT2D eigenvalue weighted by atomic mass is 9.96. The minimum absolute atomic E-state index is 0.0581. The molecule has 4 rings (SSSR count). The van der Waals surface area contributed by atoms with Crippen LogP contribution in [0.25, 0.3) is 6.08 Å². The van der Waals surface area contributed by atoms with Gasteiger partial charge >= 0.3 is 0 Å². The standard InChI is InChI=1S/C23H25N3O/c1-17-12-14-20(15-13-17)26-22(27)21(16-18-8-4-2-5-9-18)25-23(26)24-19-10-6-3-7-11-19/h2,4-5,8-9,12-16,19H,3,6-7,10-11H2,1H3,(H,24,25)/b21-16-. The highest BCUT2D eigenvalue weighted by molar-refractivity contribution is 6.29. The van der Waals surface area contributed by atoms with E-state index in [2.05, 4.69) is 5.32 Å². The number of nitrogens with zero attached hydrogens (tertiary/aromatic N) is 2. The molecule has 1 amide bonds. The third kappa shape index (κ3) is 3.95. The lowest BCUT2D eigenvalue weighted by molar-refractivity contribution is -0.113. The van der Waals surface area contributed by atoms with Crippen molar-refractivity contribution in [3.05, 3.63) is 71.4 Å². The Morgan fingerprint density at radius 1 is 1.00 bits per heavy atom. The Morgan fingerprint density at radius 2 is 1.70 bits per heavy atom. The molecule has 4 nitrogen and oxygen atoms in total. The van der Waals surface area contributed by atoms with Gasteiger partial charge in [-0.25, -0.2) is 9.89 Å². The second kappa shape index (κ2) is 7.78. The molecule has 2 fully saturated rings. The first-order valence-corrected chi connectivity index (χ1v) is 9.73. The number of rotatable bonds is 3. The molecule has 1 heterocycles. The largest absolute Gasteiger partial charge is 0.321 e. The Kier molecular flexibility index (Phi) is 5.05. The van der Waals surface area contributed by atoms with E-state index in [4.69, 9.17) is 4.99 Å². The number of benzene rings is 2. The fourth-order valence-corrected chi connectivity index (χ4v) is 3.67. The monoisotopic (exact) mass is 359 g/mol. The van der Waals surface area contributed by atoms with E-state index in [1.165, 1.54) is 24.8 Å². The predicted octanol–water partition coefficient (Wildman–Crippen LogP) is 4.66. The third-order valence-corrected chi connectivity index (χ3v) is 5.17. The molecule has 4 heteroatoms. The van der Waals surface area contributed by atoms with Crippen molar-refractivity contribution in [1.29, 1.82) is 0 Å². The smallest absolute Gasteiger partial charge is 0.281 e. The van der Waals surface area contributed by atoms with E-state index in [0.717, 1.165) is 24.1 Å². The Balaban J connectivity index is 1.70. The molecule has 1 saturated heterocycles. The van der Waals surface area contributed by atoms with Crippen molar-refractivity contribution >= 4 is 23.6 Å². The summed E-state index contributed by atoms with van der Waals surface area (Å²) in [6.07, 6.45) is 7.80. The minimum atomic E-state index is -0.0581. The molecular formula is C23H25N3O. The Morgan fingerprint density at radius 3 is 2.41 bits per heavy atom. The molecule has 0 unspecified atom stereocenters. The first kappa shape index (κ1) is 17.5. The molecule has 1 saturated carbocycles. The van der Waals surface area contributed by atoms with Gasteiger partial charge in [0, 0.05) is 0 Å². The highest BCUT2D eigenvalue weighted by Gasteiger charge is 2.34. The van der Waals surface area contributed by atoms with Gasteiger partial charge in [0.15, 0.2) is 0 Å². The summed E-state index contributed by atoms with van der Waals surface area (Å²) >= 11 is 0. The van der Waals surface area contributed by atoms with E-state index in [1.54, 1.807) is 4.90 Å². The van der Waals surface area contributed by atoms with Crippen LogP contribution in [0.4, 0.5) is 5.69 Å². The van der Waals surface area contributed by atoms with Gasteiger partial charge in [0.1, 0.15) is 5.70 Å². The maximum Gasteiger partial charge on any atom is 0.281 e. The number of carbonyl (C=O) groups is 1. The SMILES string of the molecule is Cc1ccc(N2C(=O)/C(=C/c3ccccc3)NC2=NC2CCCCC2)cc1. The summed E-state index contributed by atoms with van der Waals surface area (Å²) < 4.78 is 0. The third-order valence-electron chi connectivity index (χ3n) is 5.17. The van der Waals surface area contributed by atoms with E-state index < -0.39 is 0 Å². The molecule has 0 spiro atoms. The molecule has 0 atom stereocenters. The maximum atomic E-state index is 13.2. The first-order chi connectivity index (χ1) is 13.2. The summed E-state index contributed by atoms with van der Waals surface area (Å²) in [4.78, 5) is 19.8. The zero-order chi connectivity index (χ0) is 18.6.